The lowest BCUT2D eigenvalue weighted by Gasteiger charge is -2.32. The predicted molar refractivity (Wildman–Crippen MR) is 65.6 cm³/mol. The summed E-state index contributed by atoms with van der Waals surface area (Å²) in [6.45, 7) is 3.03. The molecule has 1 amide bonds. The normalized spacial score (nSPS) is 29.2. The highest BCUT2D eigenvalue weighted by atomic mass is 16.5. The van der Waals surface area contributed by atoms with E-state index in [4.69, 9.17) is 10.5 Å². The van der Waals surface area contributed by atoms with Crippen LogP contribution >= 0.6 is 0 Å². The van der Waals surface area contributed by atoms with Gasteiger partial charge in [-0.05, 0) is 39.3 Å². The maximum atomic E-state index is 12.1. The molecular weight excluding hydrogens is 218 g/mol. The average Bonchev–Trinajstić information content (AvgIpc) is 2.73. The van der Waals surface area contributed by atoms with Crippen LogP contribution in [0.25, 0.3) is 0 Å². The van der Waals surface area contributed by atoms with E-state index in [1.165, 1.54) is 6.42 Å². The Hall–Kier alpha value is -0.650. The van der Waals surface area contributed by atoms with Crippen molar-refractivity contribution in [3.05, 3.63) is 0 Å². The van der Waals surface area contributed by atoms with Gasteiger partial charge in [-0.1, -0.05) is 0 Å². The molecule has 0 spiro atoms. The molecule has 5 heteroatoms. The first-order valence-electron chi connectivity index (χ1n) is 6.47. The largest absolute Gasteiger partial charge is 0.381 e. The highest BCUT2D eigenvalue weighted by Crippen LogP contribution is 2.18. The maximum Gasteiger partial charge on any atom is 0.240 e. The van der Waals surface area contributed by atoms with Crippen LogP contribution in [0.4, 0.5) is 0 Å². The number of ether oxygens (including phenoxy) is 1. The first kappa shape index (κ1) is 12.8. The van der Waals surface area contributed by atoms with Crippen molar-refractivity contribution in [1.82, 2.24) is 10.2 Å². The van der Waals surface area contributed by atoms with E-state index in [1.807, 2.05) is 0 Å². The van der Waals surface area contributed by atoms with Crippen LogP contribution in [0.1, 0.15) is 25.7 Å². The fourth-order valence-electron chi connectivity index (χ4n) is 2.59. The zero-order valence-electron chi connectivity index (χ0n) is 10.6. The molecule has 98 valence electrons. The van der Waals surface area contributed by atoms with E-state index in [1.54, 1.807) is 0 Å². The van der Waals surface area contributed by atoms with Gasteiger partial charge in [-0.15, -0.1) is 0 Å². The van der Waals surface area contributed by atoms with Gasteiger partial charge in [0.1, 0.15) is 0 Å². The van der Waals surface area contributed by atoms with E-state index in [9.17, 15) is 4.79 Å². The fourth-order valence-corrected chi connectivity index (χ4v) is 2.59. The van der Waals surface area contributed by atoms with Crippen molar-refractivity contribution in [3.8, 4) is 0 Å². The van der Waals surface area contributed by atoms with Crippen molar-refractivity contribution in [2.24, 2.45) is 5.73 Å². The van der Waals surface area contributed by atoms with Crippen molar-refractivity contribution in [3.63, 3.8) is 0 Å². The second-order valence-electron chi connectivity index (χ2n) is 5.26. The number of carbonyl (C=O) groups excluding carboxylic acids is 1. The summed E-state index contributed by atoms with van der Waals surface area (Å²) >= 11 is 0. The molecule has 0 aliphatic carbocycles. The summed E-state index contributed by atoms with van der Waals surface area (Å²) in [5, 5.41) is 3.00. The molecule has 2 aliphatic rings. The Kier molecular flexibility index (Phi) is 4.01. The van der Waals surface area contributed by atoms with E-state index < -0.39 is 5.54 Å². The lowest BCUT2D eigenvalue weighted by atomic mass is 9.90. The number of likely N-dealkylation sites (N-methyl/N-ethyl adjacent to an activating group) is 1. The highest BCUT2D eigenvalue weighted by Gasteiger charge is 2.36. The Morgan fingerprint density at radius 2 is 2.24 bits per heavy atom. The molecule has 1 atom stereocenters. The first-order chi connectivity index (χ1) is 8.12. The minimum atomic E-state index is -0.713. The maximum absolute atomic E-state index is 12.1. The zero-order chi connectivity index (χ0) is 12.3. The average molecular weight is 241 g/mol. The molecule has 0 aromatic rings. The Balaban J connectivity index is 1.80. The number of hydrogen-bond acceptors (Lipinski definition) is 4. The van der Waals surface area contributed by atoms with Gasteiger partial charge in [0.25, 0.3) is 0 Å². The molecule has 2 rings (SSSR count). The summed E-state index contributed by atoms with van der Waals surface area (Å²) in [6, 6.07) is 0.474. The van der Waals surface area contributed by atoms with Crippen LogP contribution in [-0.4, -0.2) is 55.7 Å². The number of likely N-dealkylation sites (tertiary alicyclic amines) is 1. The molecule has 2 heterocycles. The van der Waals surface area contributed by atoms with Crippen molar-refractivity contribution < 1.29 is 9.53 Å². The summed E-state index contributed by atoms with van der Waals surface area (Å²) in [4.78, 5) is 14.4. The third-order valence-electron chi connectivity index (χ3n) is 4.01. The van der Waals surface area contributed by atoms with Crippen LogP contribution in [-0.2, 0) is 9.53 Å². The smallest absolute Gasteiger partial charge is 0.240 e. The molecule has 2 fully saturated rings. The van der Waals surface area contributed by atoms with E-state index in [-0.39, 0.29) is 5.91 Å². The number of carbonyl (C=O) groups is 1. The molecule has 0 bridgehead atoms. The summed E-state index contributed by atoms with van der Waals surface area (Å²) in [5.74, 6) is -0.0129. The van der Waals surface area contributed by atoms with Gasteiger partial charge in [0.05, 0.1) is 5.54 Å². The van der Waals surface area contributed by atoms with Gasteiger partial charge in [-0.3, -0.25) is 4.79 Å². The van der Waals surface area contributed by atoms with Gasteiger partial charge in [0, 0.05) is 25.8 Å². The molecular formula is C12H23N3O2. The predicted octanol–water partition coefficient (Wildman–Crippen LogP) is -0.295. The van der Waals surface area contributed by atoms with Crippen molar-refractivity contribution in [2.75, 3.05) is 33.4 Å². The van der Waals surface area contributed by atoms with Crippen LogP contribution in [0.5, 0.6) is 0 Å². The lowest BCUT2D eigenvalue weighted by molar-refractivity contribution is -0.129. The topological polar surface area (TPSA) is 67.6 Å². The number of amides is 1. The second-order valence-corrected chi connectivity index (χ2v) is 5.26. The minimum Gasteiger partial charge on any atom is -0.381 e. The Morgan fingerprint density at radius 3 is 2.82 bits per heavy atom. The van der Waals surface area contributed by atoms with Crippen molar-refractivity contribution >= 4 is 5.91 Å². The van der Waals surface area contributed by atoms with Crippen LogP contribution in [0.2, 0.25) is 0 Å². The SMILES string of the molecule is CN1CCCC1CNC(=O)C1(N)CCOCC1. The van der Waals surface area contributed by atoms with Crippen LogP contribution in [0, 0.1) is 0 Å². The number of nitrogens with one attached hydrogen (secondary N) is 1. The minimum absolute atomic E-state index is 0.0129. The Bertz CT molecular complexity index is 277. The lowest BCUT2D eigenvalue weighted by Crippen LogP contribution is -2.58. The van der Waals surface area contributed by atoms with Crippen LogP contribution in [0.3, 0.4) is 0 Å². The second kappa shape index (κ2) is 5.33. The summed E-state index contributed by atoms with van der Waals surface area (Å²) in [6.07, 6.45) is 3.63. The van der Waals surface area contributed by atoms with E-state index in [0.29, 0.717) is 32.1 Å². The highest BCUT2D eigenvalue weighted by molar-refractivity contribution is 5.86. The van der Waals surface area contributed by atoms with Gasteiger partial charge in [-0.25, -0.2) is 0 Å². The van der Waals surface area contributed by atoms with Crippen molar-refractivity contribution in [2.45, 2.75) is 37.3 Å². The molecule has 17 heavy (non-hydrogen) atoms. The molecule has 0 aromatic carbocycles. The Labute approximate surface area is 103 Å². The summed E-state index contributed by atoms with van der Waals surface area (Å²) < 4.78 is 5.24. The third-order valence-corrected chi connectivity index (χ3v) is 4.01. The molecule has 0 radical (unpaired) electrons. The van der Waals surface area contributed by atoms with Crippen LogP contribution < -0.4 is 11.1 Å². The molecule has 0 saturated carbocycles. The standard InChI is InChI=1S/C12H23N3O2/c1-15-6-2-3-10(15)9-14-11(16)12(13)4-7-17-8-5-12/h10H,2-9,13H2,1H3,(H,14,16). The molecule has 2 aliphatic heterocycles. The zero-order valence-corrected chi connectivity index (χ0v) is 10.6. The van der Waals surface area contributed by atoms with E-state index >= 15 is 0 Å². The monoisotopic (exact) mass is 241 g/mol. The third kappa shape index (κ3) is 2.97. The molecule has 5 nitrogen and oxygen atoms in total. The first-order valence-corrected chi connectivity index (χ1v) is 6.47. The van der Waals surface area contributed by atoms with E-state index in [0.717, 1.165) is 19.5 Å². The number of nitrogens with zero attached hydrogens (tertiary/aromatic N) is 1. The summed E-state index contributed by atoms with van der Waals surface area (Å²) in [7, 11) is 2.11. The van der Waals surface area contributed by atoms with Crippen LogP contribution in [0.15, 0.2) is 0 Å². The van der Waals surface area contributed by atoms with Gasteiger partial charge < -0.3 is 20.7 Å². The molecule has 2 saturated heterocycles. The number of rotatable bonds is 3. The fraction of sp³-hybridized carbons (Fsp3) is 0.917. The summed E-state index contributed by atoms with van der Waals surface area (Å²) in [5.41, 5.74) is 5.40. The Morgan fingerprint density at radius 1 is 1.53 bits per heavy atom. The van der Waals surface area contributed by atoms with Crippen molar-refractivity contribution in [1.29, 1.82) is 0 Å². The van der Waals surface area contributed by atoms with Gasteiger partial charge in [0.15, 0.2) is 0 Å². The van der Waals surface area contributed by atoms with E-state index in [2.05, 4.69) is 17.3 Å². The molecule has 1 unspecified atom stereocenters. The molecule has 3 N–H and O–H groups in total. The molecule has 0 aromatic heterocycles. The van der Waals surface area contributed by atoms with Gasteiger partial charge in [-0.2, -0.15) is 0 Å². The quantitative estimate of drug-likeness (QED) is 0.712. The number of hydrogen-bond donors (Lipinski definition) is 2. The number of nitrogens with two attached hydrogens (primary N) is 1. The van der Waals surface area contributed by atoms with Gasteiger partial charge >= 0.3 is 0 Å². The van der Waals surface area contributed by atoms with Gasteiger partial charge in [0.2, 0.25) is 5.91 Å².